The number of rotatable bonds is 9. The Labute approximate surface area is 230 Å². The third-order valence-electron chi connectivity index (χ3n) is 8.00. The molecule has 210 valence electrons. The summed E-state index contributed by atoms with van der Waals surface area (Å²) >= 11 is 1.28. The van der Waals surface area contributed by atoms with Gasteiger partial charge >= 0.3 is 12.1 Å². The maximum Gasteiger partial charge on any atom is 0.410 e. The highest BCUT2D eigenvalue weighted by atomic mass is 32.1. The summed E-state index contributed by atoms with van der Waals surface area (Å²) in [4.78, 5) is 43.2. The molecule has 9 heteroatoms. The molecule has 2 heterocycles. The van der Waals surface area contributed by atoms with E-state index in [-0.39, 0.29) is 28.9 Å². The van der Waals surface area contributed by atoms with Crippen molar-refractivity contribution in [3.8, 4) is 0 Å². The van der Waals surface area contributed by atoms with Gasteiger partial charge in [0.25, 0.3) is 0 Å². The lowest BCUT2D eigenvalue weighted by Gasteiger charge is -2.31. The van der Waals surface area contributed by atoms with Crippen molar-refractivity contribution in [3.63, 3.8) is 0 Å². The van der Waals surface area contributed by atoms with Crippen LogP contribution in [0.1, 0.15) is 92.6 Å². The summed E-state index contributed by atoms with van der Waals surface area (Å²) in [5, 5.41) is 10.1. The molecule has 1 atom stereocenters. The van der Waals surface area contributed by atoms with Crippen molar-refractivity contribution in [1.29, 1.82) is 0 Å². The highest BCUT2D eigenvalue weighted by Gasteiger charge is 2.32. The Kier molecular flexibility index (Phi) is 10.2. The summed E-state index contributed by atoms with van der Waals surface area (Å²) in [7, 11) is 0. The Bertz CT molecular complexity index is 1010. The van der Waals surface area contributed by atoms with Crippen LogP contribution >= 0.6 is 11.3 Å². The molecular formula is C29H42N2O6S. The minimum Gasteiger partial charge on any atom is -0.477 e. The van der Waals surface area contributed by atoms with Crippen molar-refractivity contribution in [1.82, 2.24) is 4.90 Å². The van der Waals surface area contributed by atoms with E-state index in [1.807, 2.05) is 13.0 Å². The van der Waals surface area contributed by atoms with Gasteiger partial charge in [-0.2, -0.15) is 0 Å². The number of ether oxygens (including phenoxy) is 2. The number of carbonyl (C=O) groups is 3. The minimum absolute atomic E-state index is 0.0272. The van der Waals surface area contributed by atoms with E-state index in [9.17, 15) is 19.5 Å². The van der Waals surface area contributed by atoms with E-state index in [0.717, 1.165) is 56.2 Å². The molecule has 0 aromatic carbocycles. The summed E-state index contributed by atoms with van der Waals surface area (Å²) in [6, 6.07) is 1.93. The number of morpholine rings is 1. The van der Waals surface area contributed by atoms with E-state index in [2.05, 4.69) is 13.0 Å². The molecule has 2 aliphatic carbocycles. The number of anilines is 1. The zero-order valence-electron chi connectivity index (χ0n) is 22.8. The third kappa shape index (κ3) is 7.38. The quantitative estimate of drug-likeness (QED) is 0.396. The topological polar surface area (TPSA) is 96.4 Å². The van der Waals surface area contributed by atoms with Gasteiger partial charge in [-0.3, -0.25) is 4.79 Å². The molecule has 1 unspecified atom stereocenters. The molecule has 1 saturated carbocycles. The lowest BCUT2D eigenvalue weighted by atomic mass is 9.82. The molecule has 1 N–H and O–H groups in total. The first-order valence-electron chi connectivity index (χ1n) is 14.2. The second-order valence-electron chi connectivity index (χ2n) is 11.0. The van der Waals surface area contributed by atoms with Gasteiger partial charge in [0.05, 0.1) is 18.9 Å². The van der Waals surface area contributed by atoms with Crippen molar-refractivity contribution in [2.24, 2.45) is 11.8 Å². The van der Waals surface area contributed by atoms with Crippen LogP contribution in [0.4, 0.5) is 10.5 Å². The number of allylic oxidation sites excluding steroid dienone is 2. The van der Waals surface area contributed by atoms with Gasteiger partial charge in [0.2, 0.25) is 5.91 Å². The maximum absolute atomic E-state index is 13.8. The molecule has 4 rings (SSSR count). The van der Waals surface area contributed by atoms with Crippen LogP contribution < -0.4 is 4.90 Å². The Morgan fingerprint density at radius 1 is 1.18 bits per heavy atom. The van der Waals surface area contributed by atoms with Gasteiger partial charge in [0, 0.05) is 30.4 Å². The third-order valence-corrected chi connectivity index (χ3v) is 9.19. The molecule has 8 nitrogen and oxygen atoms in total. The van der Waals surface area contributed by atoms with Crippen molar-refractivity contribution in [3.05, 3.63) is 21.9 Å². The Morgan fingerprint density at radius 2 is 1.92 bits per heavy atom. The molecule has 2 fully saturated rings. The summed E-state index contributed by atoms with van der Waals surface area (Å²) in [5.74, 6) is -0.424. The van der Waals surface area contributed by atoms with Crippen LogP contribution in [0.5, 0.6) is 0 Å². The summed E-state index contributed by atoms with van der Waals surface area (Å²) < 4.78 is 10.9. The average Bonchev–Trinajstić information content (AvgIpc) is 3.38. The molecule has 3 aliphatic rings. The Balaban J connectivity index is 1.48. The molecular weight excluding hydrogens is 504 g/mol. The summed E-state index contributed by atoms with van der Waals surface area (Å²) in [6.07, 6.45) is 10.7. The number of carbonyl (C=O) groups excluding carboxylic acids is 2. The van der Waals surface area contributed by atoms with Crippen molar-refractivity contribution >= 4 is 40.6 Å². The number of hydrogen-bond donors (Lipinski definition) is 1. The molecule has 0 spiro atoms. The molecule has 1 saturated heterocycles. The SMILES string of the molecule is CC1CCC(C(=O)N(CCCC(C)OC(=O)N2CCOCC2)c2cc(C3=CCCCC3)sc2C(=O)O)CC1. The normalized spacial score (nSPS) is 22.9. The zero-order chi connectivity index (χ0) is 27.1. The first-order chi connectivity index (χ1) is 18.3. The van der Waals surface area contributed by atoms with Gasteiger partial charge in [0.1, 0.15) is 11.0 Å². The average molecular weight is 547 g/mol. The Morgan fingerprint density at radius 3 is 2.58 bits per heavy atom. The van der Waals surface area contributed by atoms with Gasteiger partial charge in [-0.1, -0.05) is 13.0 Å². The van der Waals surface area contributed by atoms with Crippen LogP contribution in [-0.2, 0) is 14.3 Å². The fraction of sp³-hybridized carbons (Fsp3) is 0.690. The van der Waals surface area contributed by atoms with Crippen LogP contribution in [-0.4, -0.2) is 66.9 Å². The molecule has 38 heavy (non-hydrogen) atoms. The first kappa shape index (κ1) is 28.6. The molecule has 2 amide bonds. The van der Waals surface area contributed by atoms with Crippen LogP contribution in [0.25, 0.3) is 5.57 Å². The second-order valence-corrected chi connectivity index (χ2v) is 12.0. The van der Waals surface area contributed by atoms with E-state index < -0.39 is 5.97 Å². The van der Waals surface area contributed by atoms with E-state index in [1.54, 1.807) is 9.80 Å². The van der Waals surface area contributed by atoms with Gasteiger partial charge in [-0.05, 0) is 88.7 Å². The molecule has 1 aromatic heterocycles. The molecule has 0 radical (unpaired) electrons. The highest BCUT2D eigenvalue weighted by Crippen LogP contribution is 2.40. The second kappa shape index (κ2) is 13.6. The molecule has 0 bridgehead atoms. The zero-order valence-corrected chi connectivity index (χ0v) is 23.6. The number of thiophene rings is 1. The monoisotopic (exact) mass is 546 g/mol. The number of carboxylic acid groups (broad SMARTS) is 1. The van der Waals surface area contributed by atoms with Crippen LogP contribution in [0.3, 0.4) is 0 Å². The number of amides is 2. The van der Waals surface area contributed by atoms with Gasteiger partial charge < -0.3 is 24.4 Å². The molecule has 1 aliphatic heterocycles. The smallest absolute Gasteiger partial charge is 0.410 e. The predicted octanol–water partition coefficient (Wildman–Crippen LogP) is 6.20. The highest BCUT2D eigenvalue weighted by molar-refractivity contribution is 7.15. The van der Waals surface area contributed by atoms with Crippen LogP contribution in [0.2, 0.25) is 0 Å². The van der Waals surface area contributed by atoms with Gasteiger partial charge in [-0.15, -0.1) is 11.3 Å². The van der Waals surface area contributed by atoms with Crippen LogP contribution in [0, 0.1) is 11.8 Å². The largest absolute Gasteiger partial charge is 0.477 e. The maximum atomic E-state index is 13.8. The fourth-order valence-corrected chi connectivity index (χ4v) is 6.69. The minimum atomic E-state index is -0.990. The predicted molar refractivity (Wildman–Crippen MR) is 149 cm³/mol. The lowest BCUT2D eigenvalue weighted by molar-refractivity contribution is -0.123. The van der Waals surface area contributed by atoms with E-state index in [4.69, 9.17) is 9.47 Å². The van der Waals surface area contributed by atoms with Crippen LogP contribution in [0.15, 0.2) is 12.1 Å². The first-order valence-corrected chi connectivity index (χ1v) is 15.1. The van der Waals surface area contributed by atoms with E-state index >= 15 is 0 Å². The fourth-order valence-electron chi connectivity index (χ4n) is 5.62. The van der Waals surface area contributed by atoms with Gasteiger partial charge in [0.15, 0.2) is 0 Å². The van der Waals surface area contributed by atoms with Gasteiger partial charge in [-0.25, -0.2) is 9.59 Å². The number of nitrogens with zero attached hydrogens (tertiary/aromatic N) is 2. The van der Waals surface area contributed by atoms with Crippen molar-refractivity contribution < 1.29 is 29.0 Å². The molecule has 1 aromatic rings. The number of aromatic carboxylic acids is 1. The number of hydrogen-bond acceptors (Lipinski definition) is 6. The summed E-state index contributed by atoms with van der Waals surface area (Å²) in [6.45, 7) is 6.60. The van der Waals surface area contributed by atoms with Crippen molar-refractivity contribution in [2.75, 3.05) is 37.7 Å². The standard InChI is InChI=1S/C29H42N2O6S/c1-20-10-12-23(13-11-20)27(32)31(14-6-7-21(2)37-29(35)30-15-17-36-18-16-30)24-19-25(38-26(24)28(33)34)22-8-4-3-5-9-22/h8,19-21,23H,3-7,9-18H2,1-2H3,(H,33,34). The van der Waals surface area contributed by atoms with Crippen molar-refractivity contribution in [2.45, 2.75) is 84.2 Å². The van der Waals surface area contributed by atoms with E-state index in [0.29, 0.717) is 57.3 Å². The number of carboxylic acids is 1. The lowest BCUT2D eigenvalue weighted by Crippen LogP contribution is -2.42. The van der Waals surface area contributed by atoms with E-state index in [1.165, 1.54) is 16.9 Å². The Hall–Kier alpha value is -2.39. The summed E-state index contributed by atoms with van der Waals surface area (Å²) in [5.41, 5.74) is 1.71.